The van der Waals surface area contributed by atoms with Gasteiger partial charge in [-0.25, -0.2) is 0 Å². The molecule has 144 valence electrons. The molecule has 0 atom stereocenters. The van der Waals surface area contributed by atoms with Crippen LogP contribution in [-0.2, 0) is 16.1 Å². The molecule has 0 spiro atoms. The van der Waals surface area contributed by atoms with Crippen molar-refractivity contribution in [3.63, 3.8) is 0 Å². The third kappa shape index (κ3) is 4.52. The Labute approximate surface area is 156 Å². The van der Waals surface area contributed by atoms with Crippen LogP contribution in [0.3, 0.4) is 0 Å². The standard InChI is InChI=1S/C17H22N6O4/c24-16(18-4-1-5-22-6-8-25-9-7-22)11-23-20-17(19-21-23)13-2-3-14-15(10-13)27-12-26-14/h2-3,10H,1,4-9,11-12H2,(H,18,24). The fourth-order valence-electron chi connectivity index (χ4n) is 3.00. The van der Waals surface area contributed by atoms with E-state index in [1.165, 1.54) is 4.80 Å². The third-order valence-corrected chi connectivity index (χ3v) is 4.45. The lowest BCUT2D eigenvalue weighted by atomic mass is 10.2. The smallest absolute Gasteiger partial charge is 0.243 e. The Balaban J connectivity index is 1.23. The Kier molecular flexibility index (Phi) is 5.45. The molecule has 1 fully saturated rings. The molecule has 1 saturated heterocycles. The number of carbonyl (C=O) groups excluding carboxylic acids is 1. The van der Waals surface area contributed by atoms with Crippen molar-refractivity contribution in [1.82, 2.24) is 30.4 Å². The number of morpholine rings is 1. The Morgan fingerprint density at radius 3 is 2.93 bits per heavy atom. The fourth-order valence-corrected chi connectivity index (χ4v) is 3.00. The molecule has 3 heterocycles. The van der Waals surface area contributed by atoms with Gasteiger partial charge in [-0.15, -0.1) is 10.2 Å². The molecule has 10 heteroatoms. The summed E-state index contributed by atoms with van der Waals surface area (Å²) in [5, 5.41) is 15.1. The molecular formula is C17H22N6O4. The summed E-state index contributed by atoms with van der Waals surface area (Å²) < 4.78 is 16.0. The van der Waals surface area contributed by atoms with Crippen LogP contribution in [0, 0.1) is 0 Å². The van der Waals surface area contributed by atoms with E-state index in [0.29, 0.717) is 23.9 Å². The van der Waals surface area contributed by atoms with Crippen molar-refractivity contribution in [3.05, 3.63) is 18.2 Å². The second-order valence-corrected chi connectivity index (χ2v) is 6.37. The van der Waals surface area contributed by atoms with E-state index in [1.807, 2.05) is 6.07 Å². The van der Waals surface area contributed by atoms with Gasteiger partial charge in [0, 0.05) is 25.2 Å². The van der Waals surface area contributed by atoms with Gasteiger partial charge in [-0.05, 0) is 36.4 Å². The second-order valence-electron chi connectivity index (χ2n) is 6.37. The summed E-state index contributed by atoms with van der Waals surface area (Å²) in [4.78, 5) is 15.7. The van der Waals surface area contributed by atoms with E-state index in [1.54, 1.807) is 12.1 Å². The Bertz CT molecular complexity index is 789. The Morgan fingerprint density at radius 1 is 1.19 bits per heavy atom. The van der Waals surface area contributed by atoms with Gasteiger partial charge in [0.1, 0.15) is 6.54 Å². The molecule has 27 heavy (non-hydrogen) atoms. The number of ether oxygens (including phenoxy) is 3. The molecule has 1 amide bonds. The zero-order valence-corrected chi connectivity index (χ0v) is 15.0. The predicted octanol–water partition coefficient (Wildman–Crippen LogP) is -0.0927. The van der Waals surface area contributed by atoms with E-state index in [-0.39, 0.29) is 19.2 Å². The molecular weight excluding hydrogens is 352 g/mol. The molecule has 0 saturated carbocycles. The minimum Gasteiger partial charge on any atom is -0.454 e. The minimum absolute atomic E-state index is 0.0368. The lowest BCUT2D eigenvalue weighted by Gasteiger charge is -2.26. The highest BCUT2D eigenvalue weighted by Gasteiger charge is 2.16. The van der Waals surface area contributed by atoms with Crippen LogP contribution in [0.1, 0.15) is 6.42 Å². The predicted molar refractivity (Wildman–Crippen MR) is 94.3 cm³/mol. The van der Waals surface area contributed by atoms with Gasteiger partial charge in [0.15, 0.2) is 11.5 Å². The van der Waals surface area contributed by atoms with E-state index in [4.69, 9.17) is 14.2 Å². The van der Waals surface area contributed by atoms with Gasteiger partial charge in [-0.1, -0.05) is 0 Å². The zero-order chi connectivity index (χ0) is 18.5. The highest BCUT2D eigenvalue weighted by atomic mass is 16.7. The summed E-state index contributed by atoms with van der Waals surface area (Å²) in [7, 11) is 0. The van der Waals surface area contributed by atoms with Gasteiger partial charge < -0.3 is 19.5 Å². The van der Waals surface area contributed by atoms with Crippen molar-refractivity contribution in [1.29, 1.82) is 0 Å². The summed E-state index contributed by atoms with van der Waals surface area (Å²) in [5.74, 6) is 1.66. The van der Waals surface area contributed by atoms with Crippen molar-refractivity contribution < 1.29 is 19.0 Å². The highest BCUT2D eigenvalue weighted by Crippen LogP contribution is 2.34. The fraction of sp³-hybridized carbons (Fsp3) is 0.529. The average Bonchev–Trinajstić information content (AvgIpc) is 3.34. The van der Waals surface area contributed by atoms with Gasteiger partial charge in [-0.3, -0.25) is 9.69 Å². The maximum Gasteiger partial charge on any atom is 0.243 e. The van der Waals surface area contributed by atoms with Crippen LogP contribution in [-0.4, -0.2) is 77.2 Å². The van der Waals surface area contributed by atoms with Crippen LogP contribution in [0.4, 0.5) is 0 Å². The summed E-state index contributed by atoms with van der Waals surface area (Å²) in [5.41, 5.74) is 0.761. The zero-order valence-electron chi connectivity index (χ0n) is 15.0. The molecule has 2 aromatic rings. The van der Waals surface area contributed by atoms with Crippen molar-refractivity contribution >= 4 is 5.91 Å². The van der Waals surface area contributed by atoms with Gasteiger partial charge in [-0.2, -0.15) is 4.80 Å². The third-order valence-electron chi connectivity index (χ3n) is 4.45. The number of tetrazole rings is 1. The first kappa shape index (κ1) is 17.7. The van der Waals surface area contributed by atoms with Crippen LogP contribution in [0.25, 0.3) is 11.4 Å². The number of hydrogen-bond acceptors (Lipinski definition) is 8. The summed E-state index contributed by atoms with van der Waals surface area (Å²) in [6.07, 6.45) is 0.902. The minimum atomic E-state index is -0.133. The van der Waals surface area contributed by atoms with Crippen LogP contribution in [0.15, 0.2) is 18.2 Å². The van der Waals surface area contributed by atoms with Crippen LogP contribution >= 0.6 is 0 Å². The molecule has 2 aliphatic heterocycles. The van der Waals surface area contributed by atoms with E-state index in [9.17, 15) is 4.79 Å². The number of hydrogen-bond donors (Lipinski definition) is 1. The Hall–Kier alpha value is -2.72. The van der Waals surface area contributed by atoms with Crippen LogP contribution in [0.5, 0.6) is 11.5 Å². The summed E-state index contributed by atoms with van der Waals surface area (Å²) >= 11 is 0. The Morgan fingerprint density at radius 2 is 2.04 bits per heavy atom. The maximum absolute atomic E-state index is 12.1. The lowest BCUT2D eigenvalue weighted by molar-refractivity contribution is -0.122. The van der Waals surface area contributed by atoms with Crippen LogP contribution in [0.2, 0.25) is 0 Å². The van der Waals surface area contributed by atoms with Gasteiger partial charge in [0.2, 0.25) is 18.5 Å². The molecule has 1 aromatic heterocycles. The number of rotatable bonds is 7. The lowest BCUT2D eigenvalue weighted by Crippen LogP contribution is -2.38. The number of amides is 1. The first-order valence-corrected chi connectivity index (χ1v) is 9.02. The maximum atomic E-state index is 12.1. The quantitative estimate of drug-likeness (QED) is 0.671. The molecule has 10 nitrogen and oxygen atoms in total. The normalized spacial score (nSPS) is 16.4. The molecule has 1 N–H and O–H groups in total. The molecule has 2 aliphatic rings. The van der Waals surface area contributed by atoms with Gasteiger partial charge in [0.05, 0.1) is 13.2 Å². The van der Waals surface area contributed by atoms with Gasteiger partial charge in [0.25, 0.3) is 0 Å². The second kappa shape index (κ2) is 8.31. The topological polar surface area (TPSA) is 104 Å². The number of benzene rings is 1. The average molecular weight is 374 g/mol. The SMILES string of the molecule is O=C(Cn1nnc(-c2ccc3c(c2)OCO3)n1)NCCCN1CCOCC1. The van der Waals surface area contributed by atoms with E-state index in [0.717, 1.165) is 44.8 Å². The van der Waals surface area contributed by atoms with Crippen molar-refractivity contribution in [2.45, 2.75) is 13.0 Å². The van der Waals surface area contributed by atoms with E-state index < -0.39 is 0 Å². The first-order chi connectivity index (χ1) is 13.3. The highest BCUT2D eigenvalue weighted by molar-refractivity contribution is 5.75. The van der Waals surface area contributed by atoms with Gasteiger partial charge >= 0.3 is 0 Å². The van der Waals surface area contributed by atoms with E-state index >= 15 is 0 Å². The largest absolute Gasteiger partial charge is 0.454 e. The van der Waals surface area contributed by atoms with Crippen molar-refractivity contribution in [2.24, 2.45) is 0 Å². The number of nitrogens with zero attached hydrogens (tertiary/aromatic N) is 5. The van der Waals surface area contributed by atoms with Crippen LogP contribution < -0.4 is 14.8 Å². The van der Waals surface area contributed by atoms with E-state index in [2.05, 4.69) is 25.6 Å². The molecule has 0 unspecified atom stereocenters. The first-order valence-electron chi connectivity index (χ1n) is 9.02. The van der Waals surface area contributed by atoms with Crippen molar-refractivity contribution in [3.8, 4) is 22.9 Å². The number of carbonyl (C=O) groups is 1. The number of fused-ring (bicyclic) bond motifs is 1. The summed E-state index contributed by atoms with van der Waals surface area (Å²) in [6, 6.07) is 5.44. The molecule has 4 rings (SSSR count). The monoisotopic (exact) mass is 374 g/mol. The number of nitrogens with one attached hydrogen (secondary N) is 1. The van der Waals surface area contributed by atoms with Crippen molar-refractivity contribution in [2.75, 3.05) is 46.2 Å². The molecule has 1 aromatic carbocycles. The number of aromatic nitrogens is 4. The molecule has 0 bridgehead atoms. The summed E-state index contributed by atoms with van der Waals surface area (Å²) in [6.45, 7) is 5.32. The molecule has 0 aliphatic carbocycles. The molecule has 0 radical (unpaired) electrons.